The summed E-state index contributed by atoms with van der Waals surface area (Å²) in [5, 5.41) is 0. The first kappa shape index (κ1) is 25.9. The van der Waals surface area contributed by atoms with Gasteiger partial charge in [0.05, 0.1) is 18.7 Å². The highest BCUT2D eigenvalue weighted by atomic mass is 19.4. The lowest BCUT2D eigenvalue weighted by molar-refractivity contribution is -0.264. The van der Waals surface area contributed by atoms with E-state index in [1.165, 1.54) is 31.4 Å². The average molecular weight is 540 g/mol. The minimum atomic E-state index is -4.83. The van der Waals surface area contributed by atoms with Gasteiger partial charge in [-0.2, -0.15) is 13.2 Å². The fourth-order valence-corrected chi connectivity index (χ4v) is 8.12. The minimum absolute atomic E-state index is 0.0135. The van der Waals surface area contributed by atoms with Crippen molar-refractivity contribution in [3.05, 3.63) is 29.1 Å². The predicted octanol–water partition coefficient (Wildman–Crippen LogP) is 5.59. The van der Waals surface area contributed by atoms with Crippen LogP contribution < -0.4 is 4.74 Å². The number of ether oxygens (including phenoxy) is 3. The number of carbonyl (C=O) groups excluding carboxylic acids is 2. The molecule has 208 valence electrons. The third-order valence-corrected chi connectivity index (χ3v) is 9.70. The van der Waals surface area contributed by atoms with Gasteiger partial charge in [-0.05, 0) is 86.7 Å². The molecule has 4 bridgehead atoms. The lowest BCUT2D eigenvalue weighted by atomic mass is 9.50. The van der Waals surface area contributed by atoms with E-state index in [1.54, 1.807) is 0 Å². The van der Waals surface area contributed by atoms with Crippen LogP contribution in [0.3, 0.4) is 0 Å². The van der Waals surface area contributed by atoms with Gasteiger partial charge in [0.1, 0.15) is 11.6 Å². The van der Waals surface area contributed by atoms with Crippen LogP contribution in [0, 0.1) is 29.0 Å². The first-order valence-electron chi connectivity index (χ1n) is 13.5. The molecule has 1 aliphatic heterocycles. The minimum Gasteiger partial charge on any atom is -0.493 e. The summed E-state index contributed by atoms with van der Waals surface area (Å²) in [5.41, 5.74) is -2.24. The van der Waals surface area contributed by atoms with Gasteiger partial charge in [-0.25, -0.2) is 4.39 Å². The number of amides is 1. The van der Waals surface area contributed by atoms with Gasteiger partial charge in [-0.3, -0.25) is 14.5 Å². The molecular formula is C28H33F4NO5. The van der Waals surface area contributed by atoms with E-state index in [9.17, 15) is 22.8 Å². The quantitative estimate of drug-likeness (QED) is 0.318. The number of hydrogen-bond acceptors (Lipinski definition) is 5. The van der Waals surface area contributed by atoms with Gasteiger partial charge in [0.2, 0.25) is 0 Å². The van der Waals surface area contributed by atoms with Crippen LogP contribution in [0.2, 0.25) is 0 Å². The Hall–Kier alpha value is -2.36. The number of halogens is 4. The summed E-state index contributed by atoms with van der Waals surface area (Å²) in [6.45, 7) is -0.403. The van der Waals surface area contributed by atoms with Gasteiger partial charge in [-0.15, -0.1) is 0 Å². The normalized spacial score (nSPS) is 36.0. The van der Waals surface area contributed by atoms with Crippen molar-refractivity contribution >= 4 is 12.4 Å². The Balaban J connectivity index is 1.25. The molecule has 1 amide bonds. The van der Waals surface area contributed by atoms with Crippen molar-refractivity contribution in [2.24, 2.45) is 23.2 Å². The van der Waals surface area contributed by atoms with E-state index in [2.05, 4.69) is 0 Å². The van der Waals surface area contributed by atoms with Crippen LogP contribution in [0.15, 0.2) is 12.1 Å². The SMILES string of the molecule is COC1(C(F)(F)F)C[C@@H](OC=O)N(C(=O)c2cc(C3CC3)c(OCC34CC5CC(CC(C5)C3)C4)cc2F)C1. The highest BCUT2D eigenvalue weighted by Crippen LogP contribution is 2.60. The molecule has 0 radical (unpaired) electrons. The number of alkyl halides is 3. The molecule has 7 rings (SSSR count). The molecule has 38 heavy (non-hydrogen) atoms. The molecule has 0 N–H and O–H groups in total. The van der Waals surface area contributed by atoms with Crippen molar-refractivity contribution in [3.8, 4) is 5.75 Å². The zero-order valence-electron chi connectivity index (χ0n) is 21.4. The second-order valence-corrected chi connectivity index (χ2v) is 12.4. The van der Waals surface area contributed by atoms with Crippen LogP contribution in [0.5, 0.6) is 5.75 Å². The standard InChI is InChI=1S/C28H33F4NO5/c1-36-27(28(30,31)32)12-24(38-15-34)33(13-27)25(35)21-7-20(19-2-3-19)23(8-22(21)29)37-14-26-9-16-4-17(10-26)6-18(5-16)11-26/h7-8,15-19,24H,2-6,9-14H2,1H3/t16?,17?,18?,24-,26?,27?/m1/s1. The number of benzene rings is 1. The van der Waals surface area contributed by atoms with Gasteiger partial charge < -0.3 is 14.2 Å². The van der Waals surface area contributed by atoms with Crippen molar-refractivity contribution < 1.29 is 41.4 Å². The molecule has 6 fully saturated rings. The molecule has 1 unspecified atom stereocenters. The number of rotatable bonds is 8. The smallest absolute Gasteiger partial charge is 0.419 e. The molecule has 1 aromatic carbocycles. The van der Waals surface area contributed by atoms with Crippen molar-refractivity contribution in [1.82, 2.24) is 4.90 Å². The van der Waals surface area contributed by atoms with Crippen molar-refractivity contribution in [2.75, 3.05) is 20.3 Å². The monoisotopic (exact) mass is 539 g/mol. The van der Waals surface area contributed by atoms with Gasteiger partial charge in [0.15, 0.2) is 11.8 Å². The Morgan fingerprint density at radius 3 is 2.24 bits per heavy atom. The molecule has 2 atom stereocenters. The van der Waals surface area contributed by atoms with E-state index in [-0.39, 0.29) is 23.4 Å². The summed E-state index contributed by atoms with van der Waals surface area (Å²) in [6.07, 6.45) is 1.94. The van der Waals surface area contributed by atoms with Gasteiger partial charge >= 0.3 is 6.18 Å². The summed E-state index contributed by atoms with van der Waals surface area (Å²) in [7, 11) is 0.890. The van der Waals surface area contributed by atoms with Crippen LogP contribution in [-0.4, -0.2) is 55.5 Å². The molecule has 10 heteroatoms. The average Bonchev–Trinajstić information content (AvgIpc) is 3.61. The predicted molar refractivity (Wildman–Crippen MR) is 127 cm³/mol. The van der Waals surface area contributed by atoms with Crippen molar-refractivity contribution in [3.63, 3.8) is 0 Å². The fraction of sp³-hybridized carbons (Fsp3) is 0.714. The van der Waals surface area contributed by atoms with Crippen LogP contribution >= 0.6 is 0 Å². The van der Waals surface area contributed by atoms with E-state index < -0.39 is 42.7 Å². The van der Waals surface area contributed by atoms with E-state index in [1.807, 2.05) is 0 Å². The molecule has 6 aliphatic rings. The second-order valence-electron chi connectivity index (χ2n) is 12.4. The molecule has 6 nitrogen and oxygen atoms in total. The first-order valence-corrected chi connectivity index (χ1v) is 13.5. The molecular weight excluding hydrogens is 506 g/mol. The zero-order chi connectivity index (χ0) is 26.9. The van der Waals surface area contributed by atoms with Crippen molar-refractivity contribution in [2.45, 2.75) is 81.7 Å². The van der Waals surface area contributed by atoms with Gasteiger partial charge in [0.25, 0.3) is 12.4 Å². The first-order chi connectivity index (χ1) is 18.1. The third kappa shape index (κ3) is 4.36. The Labute approximate surface area is 219 Å². The van der Waals surface area contributed by atoms with Crippen molar-refractivity contribution in [1.29, 1.82) is 0 Å². The van der Waals surface area contributed by atoms with Crippen LogP contribution in [0.25, 0.3) is 0 Å². The third-order valence-electron chi connectivity index (χ3n) is 9.70. The van der Waals surface area contributed by atoms with Gasteiger partial charge in [0, 0.05) is 25.0 Å². The molecule has 1 heterocycles. The summed E-state index contributed by atoms with van der Waals surface area (Å²) < 4.78 is 72.9. The Bertz CT molecular complexity index is 1080. The zero-order valence-corrected chi connectivity index (χ0v) is 21.4. The maximum atomic E-state index is 15.4. The number of methoxy groups -OCH3 is 1. The summed E-state index contributed by atoms with van der Waals surface area (Å²) in [4.78, 5) is 25.1. The van der Waals surface area contributed by atoms with E-state index in [0.717, 1.165) is 61.9 Å². The summed E-state index contributed by atoms with van der Waals surface area (Å²) in [6, 6.07) is 2.63. The Morgan fingerprint density at radius 1 is 1.08 bits per heavy atom. The number of hydrogen-bond donors (Lipinski definition) is 0. The summed E-state index contributed by atoms with van der Waals surface area (Å²) >= 11 is 0. The second kappa shape index (κ2) is 9.10. The van der Waals surface area contributed by atoms with Gasteiger partial charge in [-0.1, -0.05) is 0 Å². The van der Waals surface area contributed by atoms with Crippen LogP contribution in [0.1, 0.15) is 79.6 Å². The van der Waals surface area contributed by atoms with Crippen LogP contribution in [-0.2, 0) is 14.3 Å². The molecule has 5 saturated carbocycles. The maximum absolute atomic E-state index is 15.4. The van der Waals surface area contributed by atoms with E-state index in [0.29, 0.717) is 17.9 Å². The highest BCUT2D eigenvalue weighted by Gasteiger charge is 2.63. The lowest BCUT2D eigenvalue weighted by Gasteiger charge is -2.56. The van der Waals surface area contributed by atoms with E-state index in [4.69, 9.17) is 14.2 Å². The maximum Gasteiger partial charge on any atom is 0.419 e. The molecule has 1 saturated heterocycles. The molecule has 1 aromatic rings. The molecule has 5 aliphatic carbocycles. The largest absolute Gasteiger partial charge is 0.493 e. The number of likely N-dealkylation sites (tertiary alicyclic amines) is 1. The number of carbonyl (C=O) groups is 2. The highest BCUT2D eigenvalue weighted by molar-refractivity contribution is 5.95. The summed E-state index contributed by atoms with van der Waals surface area (Å²) in [5.74, 6) is 0.939. The molecule has 0 spiro atoms. The Kier molecular flexibility index (Phi) is 6.20. The Morgan fingerprint density at radius 2 is 1.71 bits per heavy atom. The number of nitrogens with zero attached hydrogens (tertiary/aromatic N) is 1. The van der Waals surface area contributed by atoms with E-state index >= 15 is 4.39 Å². The van der Waals surface area contributed by atoms with Crippen LogP contribution in [0.4, 0.5) is 17.6 Å². The topological polar surface area (TPSA) is 65.1 Å². The fourth-order valence-electron chi connectivity index (χ4n) is 8.12. The molecule has 0 aromatic heterocycles. The lowest BCUT2D eigenvalue weighted by Crippen LogP contribution is -2.49.